The molecule has 0 saturated carbocycles. The van der Waals surface area contributed by atoms with E-state index in [0.29, 0.717) is 17.1 Å². The number of aryl methyl sites for hydroxylation is 2. The summed E-state index contributed by atoms with van der Waals surface area (Å²) in [5.41, 5.74) is 5.82. The van der Waals surface area contributed by atoms with Crippen LogP contribution in [0, 0.1) is 13.8 Å². The standard InChI is InChI=1S/C22H23N3O3S/c1-13-5-14(2)7-16(6-13)25-21(19-11-29-12-20(19)24-25)23-22(26)15-8-17(27-3)10-18(9-15)28-4/h5-10H,11-12H2,1-4H3,(H,23,26). The van der Waals surface area contributed by atoms with Gasteiger partial charge in [0.05, 0.1) is 25.6 Å². The van der Waals surface area contributed by atoms with E-state index in [9.17, 15) is 4.79 Å². The molecule has 0 saturated heterocycles. The van der Waals surface area contributed by atoms with Crippen molar-refractivity contribution in [3.05, 3.63) is 64.3 Å². The summed E-state index contributed by atoms with van der Waals surface area (Å²) in [6.07, 6.45) is 0. The van der Waals surface area contributed by atoms with E-state index in [1.807, 2.05) is 4.68 Å². The normalized spacial score (nSPS) is 12.6. The van der Waals surface area contributed by atoms with E-state index in [2.05, 4.69) is 37.4 Å². The van der Waals surface area contributed by atoms with Gasteiger partial charge in [-0.25, -0.2) is 4.68 Å². The maximum Gasteiger partial charge on any atom is 0.257 e. The Labute approximate surface area is 174 Å². The van der Waals surface area contributed by atoms with Gasteiger partial charge in [0.2, 0.25) is 0 Å². The van der Waals surface area contributed by atoms with Crippen molar-refractivity contribution in [2.24, 2.45) is 0 Å². The van der Waals surface area contributed by atoms with Gasteiger partial charge in [-0.3, -0.25) is 4.79 Å². The second-order valence-electron chi connectivity index (χ2n) is 7.08. The Kier molecular flexibility index (Phi) is 5.24. The fourth-order valence-electron chi connectivity index (χ4n) is 3.52. The highest BCUT2D eigenvalue weighted by Crippen LogP contribution is 2.36. The van der Waals surface area contributed by atoms with Crippen LogP contribution in [-0.4, -0.2) is 29.9 Å². The van der Waals surface area contributed by atoms with Crippen molar-refractivity contribution in [1.82, 2.24) is 9.78 Å². The lowest BCUT2D eigenvalue weighted by Gasteiger charge is -2.13. The topological polar surface area (TPSA) is 65.4 Å². The first-order chi connectivity index (χ1) is 14.0. The van der Waals surface area contributed by atoms with E-state index in [1.54, 1.807) is 44.2 Å². The van der Waals surface area contributed by atoms with E-state index in [4.69, 9.17) is 14.6 Å². The Bertz CT molecular complexity index is 1050. The van der Waals surface area contributed by atoms with Crippen LogP contribution in [0.2, 0.25) is 0 Å². The first kappa shape index (κ1) is 19.4. The average Bonchev–Trinajstić information content (AvgIpc) is 3.29. The molecule has 29 heavy (non-hydrogen) atoms. The number of thioether (sulfide) groups is 1. The number of benzene rings is 2. The van der Waals surface area contributed by atoms with Crippen molar-refractivity contribution < 1.29 is 14.3 Å². The van der Waals surface area contributed by atoms with Gasteiger partial charge in [-0.2, -0.15) is 16.9 Å². The number of carbonyl (C=O) groups is 1. The molecule has 2 heterocycles. The number of aromatic nitrogens is 2. The van der Waals surface area contributed by atoms with Crippen LogP contribution in [0.1, 0.15) is 32.7 Å². The predicted molar refractivity (Wildman–Crippen MR) is 116 cm³/mol. The average molecular weight is 410 g/mol. The van der Waals surface area contributed by atoms with Crippen LogP contribution in [0.15, 0.2) is 36.4 Å². The SMILES string of the molecule is COc1cc(OC)cc(C(=O)Nc2c3c(nn2-c2cc(C)cc(C)c2)CSC3)c1. The lowest BCUT2D eigenvalue weighted by atomic mass is 10.1. The highest BCUT2D eigenvalue weighted by molar-refractivity contribution is 7.98. The Hall–Kier alpha value is -2.93. The smallest absolute Gasteiger partial charge is 0.257 e. The van der Waals surface area contributed by atoms with E-state index in [1.165, 1.54) is 0 Å². The zero-order chi connectivity index (χ0) is 20.5. The van der Waals surface area contributed by atoms with Gasteiger partial charge in [-0.1, -0.05) is 6.07 Å². The van der Waals surface area contributed by atoms with Gasteiger partial charge in [-0.05, 0) is 49.2 Å². The number of nitrogens with zero attached hydrogens (tertiary/aromatic N) is 2. The number of hydrogen-bond acceptors (Lipinski definition) is 5. The molecule has 0 radical (unpaired) electrons. The van der Waals surface area contributed by atoms with Crippen LogP contribution in [0.3, 0.4) is 0 Å². The summed E-state index contributed by atoms with van der Waals surface area (Å²) in [6, 6.07) is 11.4. The molecule has 0 aliphatic carbocycles. The van der Waals surface area contributed by atoms with Crippen molar-refractivity contribution in [3.63, 3.8) is 0 Å². The Morgan fingerprint density at radius 1 is 1.00 bits per heavy atom. The van der Waals surface area contributed by atoms with Gasteiger partial charge in [0.1, 0.15) is 17.3 Å². The van der Waals surface area contributed by atoms with E-state index >= 15 is 0 Å². The summed E-state index contributed by atoms with van der Waals surface area (Å²) < 4.78 is 12.4. The van der Waals surface area contributed by atoms with Crippen LogP contribution in [0.25, 0.3) is 5.69 Å². The Morgan fingerprint density at radius 3 is 2.28 bits per heavy atom. The molecular formula is C22H23N3O3S. The number of carbonyl (C=O) groups excluding carboxylic acids is 1. The minimum atomic E-state index is -0.229. The number of methoxy groups -OCH3 is 2. The molecule has 3 aromatic rings. The van der Waals surface area contributed by atoms with Gasteiger partial charge in [-0.15, -0.1) is 0 Å². The molecule has 0 spiro atoms. The highest BCUT2D eigenvalue weighted by atomic mass is 32.2. The molecule has 150 valence electrons. The third-order valence-corrected chi connectivity index (χ3v) is 5.82. The highest BCUT2D eigenvalue weighted by Gasteiger charge is 2.25. The molecule has 4 rings (SSSR count). The van der Waals surface area contributed by atoms with Crippen LogP contribution in [0.5, 0.6) is 11.5 Å². The Balaban J connectivity index is 1.75. The zero-order valence-corrected chi connectivity index (χ0v) is 17.7. The number of anilines is 1. The van der Waals surface area contributed by atoms with Crippen molar-refractivity contribution in [1.29, 1.82) is 0 Å². The fraction of sp³-hybridized carbons (Fsp3) is 0.273. The zero-order valence-electron chi connectivity index (χ0n) is 16.9. The van der Waals surface area contributed by atoms with E-state index in [0.717, 1.165) is 45.4 Å². The van der Waals surface area contributed by atoms with Gasteiger partial charge < -0.3 is 14.8 Å². The molecular weight excluding hydrogens is 386 g/mol. The van der Waals surface area contributed by atoms with Crippen molar-refractivity contribution >= 4 is 23.5 Å². The molecule has 0 fully saturated rings. The molecule has 1 N–H and O–H groups in total. The molecule has 2 aromatic carbocycles. The summed E-state index contributed by atoms with van der Waals surface area (Å²) in [6.45, 7) is 4.12. The van der Waals surface area contributed by atoms with Crippen molar-refractivity contribution in [3.8, 4) is 17.2 Å². The molecule has 1 aromatic heterocycles. The van der Waals surface area contributed by atoms with Crippen LogP contribution in [0.4, 0.5) is 5.82 Å². The summed E-state index contributed by atoms with van der Waals surface area (Å²) >= 11 is 1.80. The number of nitrogens with one attached hydrogen (secondary N) is 1. The predicted octanol–water partition coefficient (Wildman–Crippen LogP) is 4.51. The molecule has 7 heteroatoms. The van der Waals surface area contributed by atoms with Crippen LogP contribution >= 0.6 is 11.8 Å². The molecule has 0 bridgehead atoms. The number of rotatable bonds is 5. The maximum absolute atomic E-state index is 13.1. The molecule has 6 nitrogen and oxygen atoms in total. The molecule has 1 amide bonds. The number of amides is 1. The number of fused-ring (bicyclic) bond motifs is 1. The van der Waals surface area contributed by atoms with E-state index < -0.39 is 0 Å². The van der Waals surface area contributed by atoms with Crippen molar-refractivity contribution in [2.75, 3.05) is 19.5 Å². The third-order valence-electron chi connectivity index (χ3n) is 4.85. The van der Waals surface area contributed by atoms with Gasteiger partial charge in [0.15, 0.2) is 0 Å². The largest absolute Gasteiger partial charge is 0.497 e. The Morgan fingerprint density at radius 2 is 1.66 bits per heavy atom. The van der Waals surface area contributed by atoms with Gasteiger partial charge >= 0.3 is 0 Å². The second-order valence-corrected chi connectivity index (χ2v) is 8.07. The molecule has 1 aliphatic heterocycles. The molecule has 1 aliphatic rings. The summed E-state index contributed by atoms with van der Waals surface area (Å²) in [5.74, 6) is 3.31. The van der Waals surface area contributed by atoms with Gasteiger partial charge in [0.25, 0.3) is 5.91 Å². The van der Waals surface area contributed by atoms with E-state index in [-0.39, 0.29) is 5.91 Å². The van der Waals surface area contributed by atoms with Gasteiger partial charge in [0, 0.05) is 28.7 Å². The lowest BCUT2D eigenvalue weighted by Crippen LogP contribution is -2.16. The van der Waals surface area contributed by atoms with Crippen LogP contribution < -0.4 is 14.8 Å². The molecule has 0 atom stereocenters. The van der Waals surface area contributed by atoms with Crippen molar-refractivity contribution in [2.45, 2.75) is 25.4 Å². The quantitative estimate of drug-likeness (QED) is 0.672. The number of ether oxygens (including phenoxy) is 2. The minimum absolute atomic E-state index is 0.229. The first-order valence-electron chi connectivity index (χ1n) is 9.30. The monoisotopic (exact) mass is 409 g/mol. The second kappa shape index (κ2) is 7.83. The lowest BCUT2D eigenvalue weighted by molar-refractivity contribution is 0.102. The number of hydrogen-bond donors (Lipinski definition) is 1. The molecule has 0 unspecified atom stereocenters. The fourth-order valence-corrected chi connectivity index (χ4v) is 4.55. The summed E-state index contributed by atoms with van der Waals surface area (Å²) in [7, 11) is 3.13. The first-order valence-corrected chi connectivity index (χ1v) is 10.5. The third kappa shape index (κ3) is 3.82. The minimum Gasteiger partial charge on any atom is -0.497 e. The van der Waals surface area contributed by atoms with Crippen LogP contribution in [-0.2, 0) is 11.5 Å². The summed E-state index contributed by atoms with van der Waals surface area (Å²) in [5, 5.41) is 7.87. The summed E-state index contributed by atoms with van der Waals surface area (Å²) in [4.78, 5) is 13.1. The maximum atomic E-state index is 13.1.